The predicted molar refractivity (Wildman–Crippen MR) is 156 cm³/mol. The fourth-order valence-corrected chi connectivity index (χ4v) is 5.93. The molecule has 0 aliphatic heterocycles. The molecule has 0 aromatic heterocycles. The van der Waals surface area contributed by atoms with Crippen LogP contribution in [0, 0.1) is 5.82 Å². The van der Waals surface area contributed by atoms with E-state index in [1.807, 2.05) is 13.8 Å². The fraction of sp³-hybridized carbons (Fsp3) is 0.310. The van der Waals surface area contributed by atoms with Crippen LogP contribution in [0.1, 0.15) is 39.2 Å². The summed E-state index contributed by atoms with van der Waals surface area (Å²) in [5.41, 5.74) is 0.781. The maximum Gasteiger partial charge on any atom is 0.264 e. The van der Waals surface area contributed by atoms with Crippen LogP contribution in [0.3, 0.4) is 0 Å². The summed E-state index contributed by atoms with van der Waals surface area (Å²) in [6.45, 7) is 4.90. The number of nitrogens with zero attached hydrogens (tertiary/aromatic N) is 2. The van der Waals surface area contributed by atoms with Gasteiger partial charge in [0.15, 0.2) is 0 Å². The third-order valence-electron chi connectivity index (χ3n) is 6.47. The summed E-state index contributed by atoms with van der Waals surface area (Å²) in [4.78, 5) is 28.5. The Hall–Kier alpha value is -3.14. The van der Waals surface area contributed by atoms with Crippen molar-refractivity contribution < 1.29 is 22.4 Å². The van der Waals surface area contributed by atoms with Crippen LogP contribution in [-0.2, 0) is 26.2 Å². The number of hydrogen-bond donors (Lipinski definition) is 1. The van der Waals surface area contributed by atoms with E-state index < -0.39 is 34.3 Å². The van der Waals surface area contributed by atoms with E-state index in [1.165, 1.54) is 11.0 Å². The molecule has 0 bridgehead atoms. The molecule has 0 aliphatic rings. The first-order valence-electron chi connectivity index (χ1n) is 12.8. The highest BCUT2D eigenvalue weighted by atomic mass is 35.5. The summed E-state index contributed by atoms with van der Waals surface area (Å²) < 4.78 is 42.0. The second-order valence-corrected chi connectivity index (χ2v) is 12.0. The van der Waals surface area contributed by atoms with Gasteiger partial charge < -0.3 is 10.2 Å². The van der Waals surface area contributed by atoms with Crippen molar-refractivity contribution in [2.75, 3.05) is 10.8 Å². The zero-order valence-corrected chi connectivity index (χ0v) is 24.8. The Morgan fingerprint density at radius 2 is 1.60 bits per heavy atom. The van der Waals surface area contributed by atoms with Crippen molar-refractivity contribution in [3.05, 3.63) is 94.2 Å². The van der Waals surface area contributed by atoms with Gasteiger partial charge in [-0.2, -0.15) is 0 Å². The quantitative estimate of drug-likeness (QED) is 0.271. The van der Waals surface area contributed by atoms with E-state index in [9.17, 15) is 22.4 Å². The molecule has 40 heavy (non-hydrogen) atoms. The molecule has 0 fully saturated rings. The minimum absolute atomic E-state index is 0.0551. The van der Waals surface area contributed by atoms with Gasteiger partial charge in [0.2, 0.25) is 11.8 Å². The van der Waals surface area contributed by atoms with Crippen molar-refractivity contribution in [3.8, 4) is 0 Å². The van der Waals surface area contributed by atoms with Gasteiger partial charge in [0.1, 0.15) is 18.4 Å². The Balaban J connectivity index is 2.06. The lowest BCUT2D eigenvalue weighted by Crippen LogP contribution is -2.53. The molecule has 0 aliphatic carbocycles. The molecule has 214 valence electrons. The van der Waals surface area contributed by atoms with Gasteiger partial charge in [0.25, 0.3) is 10.0 Å². The third-order valence-corrected chi connectivity index (χ3v) is 8.84. The summed E-state index contributed by atoms with van der Waals surface area (Å²) >= 11 is 12.5. The number of carbonyl (C=O) groups excluding carboxylic acids is 2. The first kappa shape index (κ1) is 31.4. The zero-order chi connectivity index (χ0) is 29.4. The van der Waals surface area contributed by atoms with E-state index in [2.05, 4.69) is 5.32 Å². The number of amides is 2. The van der Waals surface area contributed by atoms with Crippen molar-refractivity contribution in [1.82, 2.24) is 10.2 Å². The van der Waals surface area contributed by atoms with Gasteiger partial charge in [-0.15, -0.1) is 0 Å². The second kappa shape index (κ2) is 14.0. The molecular weight excluding hydrogens is 576 g/mol. The molecule has 11 heteroatoms. The number of para-hydroxylation sites is 1. The van der Waals surface area contributed by atoms with Gasteiger partial charge in [-0.05, 0) is 73.9 Å². The molecule has 0 saturated heterocycles. The maximum atomic E-state index is 14.0. The van der Waals surface area contributed by atoms with Crippen LogP contribution < -0.4 is 9.62 Å². The number of halogens is 3. The van der Waals surface area contributed by atoms with Crippen LogP contribution >= 0.6 is 23.2 Å². The Bertz CT molecular complexity index is 1420. The normalized spacial score (nSPS) is 12.8. The van der Waals surface area contributed by atoms with Crippen LogP contribution in [0.5, 0.6) is 0 Å². The summed E-state index contributed by atoms with van der Waals surface area (Å²) in [6.07, 6.45) is 0.964. The molecule has 0 radical (unpaired) electrons. The first-order valence-corrected chi connectivity index (χ1v) is 15.0. The molecule has 0 heterocycles. The van der Waals surface area contributed by atoms with Crippen LogP contribution in [-0.4, -0.2) is 43.8 Å². The van der Waals surface area contributed by atoms with Gasteiger partial charge in [0.05, 0.1) is 10.6 Å². The molecule has 0 saturated carbocycles. The Labute approximate surface area is 244 Å². The summed E-state index contributed by atoms with van der Waals surface area (Å²) in [5.74, 6) is -1.57. The topological polar surface area (TPSA) is 86.8 Å². The highest BCUT2D eigenvalue weighted by molar-refractivity contribution is 7.92. The van der Waals surface area contributed by atoms with Gasteiger partial charge in [-0.1, -0.05) is 61.3 Å². The predicted octanol–water partition coefficient (Wildman–Crippen LogP) is 6.05. The summed E-state index contributed by atoms with van der Waals surface area (Å²) in [5, 5.41) is 3.64. The highest BCUT2D eigenvalue weighted by Gasteiger charge is 2.34. The number of sulfonamides is 1. The lowest BCUT2D eigenvalue weighted by Gasteiger charge is -2.34. The number of benzene rings is 3. The molecule has 3 rings (SSSR count). The van der Waals surface area contributed by atoms with Crippen LogP contribution in [0.25, 0.3) is 0 Å². The monoisotopic (exact) mass is 607 g/mol. The van der Waals surface area contributed by atoms with Gasteiger partial charge >= 0.3 is 0 Å². The van der Waals surface area contributed by atoms with E-state index in [-0.39, 0.29) is 35.5 Å². The standard InChI is InChI=1S/C29H32Cl2FN3O4S/c1-4-20(3)33-29(37)27(5-2)34(18-21-11-12-22(30)17-26(21)31)28(36)19-35(24-9-7-6-8-10-24)40(38,39)25-15-13-23(32)14-16-25/h6-17,20,27H,4-5,18-19H2,1-3H3,(H,33,37)/t20-,27-/m1/s1. The van der Waals surface area contributed by atoms with E-state index in [0.717, 1.165) is 28.6 Å². The molecule has 0 unspecified atom stereocenters. The van der Waals surface area contributed by atoms with Crippen molar-refractivity contribution in [3.63, 3.8) is 0 Å². The Morgan fingerprint density at radius 1 is 0.950 bits per heavy atom. The average molecular weight is 609 g/mol. The largest absolute Gasteiger partial charge is 0.352 e. The van der Waals surface area contributed by atoms with Crippen molar-refractivity contribution in [2.45, 2.75) is 57.1 Å². The van der Waals surface area contributed by atoms with E-state index in [1.54, 1.807) is 49.4 Å². The van der Waals surface area contributed by atoms with Crippen molar-refractivity contribution >= 4 is 50.7 Å². The lowest BCUT2D eigenvalue weighted by atomic mass is 10.1. The summed E-state index contributed by atoms with van der Waals surface area (Å²) in [7, 11) is -4.29. The third kappa shape index (κ3) is 7.74. The molecule has 2 amide bonds. The number of carbonyl (C=O) groups is 2. The fourth-order valence-electron chi connectivity index (χ4n) is 4.05. The maximum absolute atomic E-state index is 14.0. The lowest BCUT2D eigenvalue weighted by molar-refractivity contribution is -0.140. The minimum Gasteiger partial charge on any atom is -0.352 e. The van der Waals surface area contributed by atoms with Crippen LogP contribution in [0.2, 0.25) is 10.0 Å². The average Bonchev–Trinajstić information content (AvgIpc) is 2.93. The summed E-state index contributed by atoms with van der Waals surface area (Å²) in [6, 6.07) is 16.3. The minimum atomic E-state index is -4.29. The Kier molecular flexibility index (Phi) is 11.0. The molecule has 1 N–H and O–H groups in total. The van der Waals surface area contributed by atoms with E-state index in [0.29, 0.717) is 22.0 Å². The number of hydrogen-bond acceptors (Lipinski definition) is 4. The van der Waals surface area contributed by atoms with E-state index in [4.69, 9.17) is 23.2 Å². The molecule has 3 aromatic rings. The smallest absolute Gasteiger partial charge is 0.264 e. The molecule has 2 atom stereocenters. The first-order chi connectivity index (χ1) is 19.0. The SMILES string of the molecule is CC[C@@H](C)NC(=O)[C@@H](CC)N(Cc1ccc(Cl)cc1Cl)C(=O)CN(c1ccccc1)S(=O)(=O)c1ccc(F)cc1. The number of anilines is 1. The van der Waals surface area contributed by atoms with Crippen LogP contribution in [0.4, 0.5) is 10.1 Å². The zero-order valence-electron chi connectivity index (χ0n) is 22.5. The highest BCUT2D eigenvalue weighted by Crippen LogP contribution is 2.27. The van der Waals surface area contributed by atoms with Gasteiger partial charge in [0, 0.05) is 22.6 Å². The Morgan fingerprint density at radius 3 is 2.17 bits per heavy atom. The second-order valence-electron chi connectivity index (χ2n) is 9.30. The van der Waals surface area contributed by atoms with Crippen LogP contribution in [0.15, 0.2) is 77.7 Å². The molecule has 7 nitrogen and oxygen atoms in total. The number of rotatable bonds is 12. The van der Waals surface area contributed by atoms with E-state index >= 15 is 0 Å². The van der Waals surface area contributed by atoms with Gasteiger partial charge in [-0.25, -0.2) is 12.8 Å². The number of nitrogens with one attached hydrogen (secondary N) is 1. The molecule has 3 aromatic carbocycles. The van der Waals surface area contributed by atoms with Crippen molar-refractivity contribution in [1.29, 1.82) is 0 Å². The van der Waals surface area contributed by atoms with Crippen molar-refractivity contribution in [2.24, 2.45) is 0 Å². The molecule has 0 spiro atoms. The molecular formula is C29H32Cl2FN3O4S. The van der Waals surface area contributed by atoms with Gasteiger partial charge in [-0.3, -0.25) is 13.9 Å².